The summed E-state index contributed by atoms with van der Waals surface area (Å²) in [6.07, 6.45) is 2.16. The quantitative estimate of drug-likeness (QED) is 0.838. The Labute approximate surface area is 119 Å². The number of pyridine rings is 1. The monoisotopic (exact) mass is 298 g/mol. The normalized spacial score (nSPS) is 16.5. The molecule has 0 radical (unpaired) electrons. The molecule has 1 heterocycles. The number of allylic oxidation sites excluding steroid dienone is 4. The van der Waals surface area contributed by atoms with Crippen molar-refractivity contribution in [1.29, 1.82) is 0 Å². The molecule has 0 saturated heterocycles. The molecule has 1 aromatic rings. The number of alkyl halides is 3. The molecule has 21 heavy (non-hydrogen) atoms. The second-order valence-electron chi connectivity index (χ2n) is 4.62. The van der Waals surface area contributed by atoms with Crippen molar-refractivity contribution in [3.8, 4) is 0 Å². The molecule has 0 atom stereocenters. The first-order valence-corrected chi connectivity index (χ1v) is 6.41. The van der Waals surface area contributed by atoms with Crippen molar-refractivity contribution in [2.45, 2.75) is 19.0 Å². The first kappa shape index (κ1) is 15.4. The summed E-state index contributed by atoms with van der Waals surface area (Å²) in [6, 6.07) is 2.25. The van der Waals surface area contributed by atoms with Crippen LogP contribution in [-0.4, -0.2) is 11.5 Å². The third-order valence-electron chi connectivity index (χ3n) is 3.13. The number of nitrogens with zero attached hydrogens (tertiary/aromatic N) is 1. The molecule has 2 rings (SSSR count). The summed E-state index contributed by atoms with van der Waals surface area (Å²) < 4.78 is 52.3. The topological polar surface area (TPSA) is 38.9 Å². The molecule has 1 aliphatic rings. The van der Waals surface area contributed by atoms with E-state index in [1.165, 1.54) is 12.1 Å². The van der Waals surface area contributed by atoms with Gasteiger partial charge in [0.2, 0.25) is 0 Å². The molecule has 0 aromatic carbocycles. The Kier molecular flexibility index (Phi) is 4.57. The maximum Gasteiger partial charge on any atom is 0.433 e. The molecular weight excluding hydrogens is 284 g/mol. The predicted molar refractivity (Wildman–Crippen MR) is 72.8 cm³/mol. The smallest absolute Gasteiger partial charge is 0.326 e. The van der Waals surface area contributed by atoms with E-state index in [1.54, 1.807) is 6.08 Å². The lowest BCUT2D eigenvalue weighted by molar-refractivity contribution is -0.141. The van der Waals surface area contributed by atoms with Crippen LogP contribution in [0.5, 0.6) is 0 Å². The molecule has 0 bridgehead atoms. The first-order chi connectivity index (χ1) is 9.91. The van der Waals surface area contributed by atoms with E-state index in [0.717, 1.165) is 12.3 Å². The standard InChI is InChI=1S/C15H14F4N2/c16-13-7-10(9-20)3-1-2-4-12(13)11-5-6-21-14(8-11)15(17,18)19/h1,3,5-8H,2,4,9,20H2. The number of rotatable bonds is 2. The van der Waals surface area contributed by atoms with E-state index in [1.807, 2.05) is 6.08 Å². The molecule has 0 fully saturated rings. The highest BCUT2D eigenvalue weighted by Gasteiger charge is 2.32. The number of nitrogens with two attached hydrogens (primary N) is 1. The lowest BCUT2D eigenvalue weighted by Gasteiger charge is -2.12. The van der Waals surface area contributed by atoms with Gasteiger partial charge in [0, 0.05) is 12.7 Å². The molecule has 2 N–H and O–H groups in total. The summed E-state index contributed by atoms with van der Waals surface area (Å²) in [5.74, 6) is -0.556. The summed E-state index contributed by atoms with van der Waals surface area (Å²) in [6.45, 7) is 0.168. The molecule has 0 spiro atoms. The van der Waals surface area contributed by atoms with Crippen LogP contribution in [0, 0.1) is 0 Å². The Bertz CT molecular complexity index is 612. The zero-order valence-corrected chi connectivity index (χ0v) is 11.1. The van der Waals surface area contributed by atoms with Gasteiger partial charge in [-0.1, -0.05) is 12.2 Å². The lowest BCUT2D eigenvalue weighted by Crippen LogP contribution is -2.08. The highest BCUT2D eigenvalue weighted by Crippen LogP contribution is 2.32. The molecule has 0 unspecified atom stereocenters. The van der Waals surface area contributed by atoms with E-state index < -0.39 is 17.7 Å². The Morgan fingerprint density at radius 3 is 2.71 bits per heavy atom. The van der Waals surface area contributed by atoms with Gasteiger partial charge < -0.3 is 5.73 Å². The molecule has 0 saturated carbocycles. The van der Waals surface area contributed by atoms with Crippen LogP contribution in [0.1, 0.15) is 24.1 Å². The van der Waals surface area contributed by atoms with Gasteiger partial charge in [-0.2, -0.15) is 13.2 Å². The SMILES string of the molecule is NCC1=CC(F)=C(c2ccnc(C(F)(F)F)c2)CCC=C1. The van der Waals surface area contributed by atoms with Gasteiger partial charge in [-0.25, -0.2) is 4.39 Å². The summed E-state index contributed by atoms with van der Waals surface area (Å²) >= 11 is 0. The van der Waals surface area contributed by atoms with E-state index in [-0.39, 0.29) is 17.7 Å². The van der Waals surface area contributed by atoms with Crippen molar-refractivity contribution >= 4 is 5.57 Å². The van der Waals surface area contributed by atoms with E-state index >= 15 is 0 Å². The van der Waals surface area contributed by atoms with E-state index in [0.29, 0.717) is 18.4 Å². The van der Waals surface area contributed by atoms with Crippen molar-refractivity contribution in [3.05, 3.63) is 59.2 Å². The van der Waals surface area contributed by atoms with Gasteiger partial charge in [-0.15, -0.1) is 0 Å². The Hall–Kier alpha value is -1.95. The van der Waals surface area contributed by atoms with Crippen LogP contribution in [0.25, 0.3) is 5.57 Å². The zero-order chi connectivity index (χ0) is 15.5. The van der Waals surface area contributed by atoms with Gasteiger partial charge >= 0.3 is 6.18 Å². The minimum absolute atomic E-state index is 0.168. The summed E-state index contributed by atoms with van der Waals surface area (Å²) in [4.78, 5) is 3.28. The van der Waals surface area contributed by atoms with Crippen molar-refractivity contribution < 1.29 is 17.6 Å². The van der Waals surface area contributed by atoms with Crippen molar-refractivity contribution in [2.24, 2.45) is 5.73 Å². The van der Waals surface area contributed by atoms with Crippen molar-refractivity contribution in [2.75, 3.05) is 6.54 Å². The molecule has 1 aromatic heterocycles. The minimum Gasteiger partial charge on any atom is -0.326 e. The number of aromatic nitrogens is 1. The second kappa shape index (κ2) is 6.22. The summed E-state index contributed by atoms with van der Waals surface area (Å²) in [5, 5.41) is 0. The van der Waals surface area contributed by atoms with Crippen LogP contribution in [0.4, 0.5) is 17.6 Å². The van der Waals surface area contributed by atoms with Crippen LogP contribution >= 0.6 is 0 Å². The largest absolute Gasteiger partial charge is 0.433 e. The van der Waals surface area contributed by atoms with Crippen LogP contribution in [-0.2, 0) is 6.18 Å². The van der Waals surface area contributed by atoms with E-state index in [4.69, 9.17) is 5.73 Å². The molecule has 0 aliphatic heterocycles. The zero-order valence-electron chi connectivity index (χ0n) is 11.1. The Balaban J connectivity index is 2.47. The van der Waals surface area contributed by atoms with Gasteiger partial charge in [-0.3, -0.25) is 4.98 Å². The fourth-order valence-electron chi connectivity index (χ4n) is 2.06. The van der Waals surface area contributed by atoms with Crippen molar-refractivity contribution in [1.82, 2.24) is 4.98 Å². The molecule has 1 aliphatic carbocycles. The van der Waals surface area contributed by atoms with Crippen molar-refractivity contribution in [3.63, 3.8) is 0 Å². The van der Waals surface area contributed by atoms with Gasteiger partial charge in [-0.05, 0) is 47.8 Å². The van der Waals surface area contributed by atoms with Crippen LogP contribution < -0.4 is 5.73 Å². The summed E-state index contributed by atoms with van der Waals surface area (Å²) in [5.41, 5.74) is 5.48. The fourth-order valence-corrected chi connectivity index (χ4v) is 2.06. The van der Waals surface area contributed by atoms with Gasteiger partial charge in [0.1, 0.15) is 11.5 Å². The van der Waals surface area contributed by atoms with E-state index in [2.05, 4.69) is 4.98 Å². The maximum atomic E-state index is 14.3. The molecule has 6 heteroatoms. The third kappa shape index (κ3) is 3.78. The highest BCUT2D eigenvalue weighted by atomic mass is 19.4. The van der Waals surface area contributed by atoms with Crippen LogP contribution in [0.2, 0.25) is 0 Å². The minimum atomic E-state index is -4.55. The molecule has 0 amide bonds. The Morgan fingerprint density at radius 2 is 2.05 bits per heavy atom. The number of hydrogen-bond acceptors (Lipinski definition) is 2. The molecule has 112 valence electrons. The molecule has 2 nitrogen and oxygen atoms in total. The van der Waals surface area contributed by atoms with Gasteiger partial charge in [0.15, 0.2) is 0 Å². The van der Waals surface area contributed by atoms with Gasteiger partial charge in [0.05, 0.1) is 0 Å². The number of hydrogen-bond donors (Lipinski definition) is 1. The third-order valence-corrected chi connectivity index (χ3v) is 3.13. The average Bonchev–Trinajstić information content (AvgIpc) is 2.42. The van der Waals surface area contributed by atoms with Crippen LogP contribution in [0.3, 0.4) is 0 Å². The molecular formula is C15H14F4N2. The fraction of sp³-hybridized carbons (Fsp3) is 0.267. The highest BCUT2D eigenvalue weighted by molar-refractivity contribution is 5.70. The first-order valence-electron chi connectivity index (χ1n) is 6.41. The maximum absolute atomic E-state index is 14.3. The second-order valence-corrected chi connectivity index (χ2v) is 4.62. The average molecular weight is 298 g/mol. The Morgan fingerprint density at radius 1 is 1.29 bits per heavy atom. The lowest BCUT2D eigenvalue weighted by atomic mass is 9.97. The van der Waals surface area contributed by atoms with E-state index in [9.17, 15) is 17.6 Å². The predicted octanol–water partition coefficient (Wildman–Crippen LogP) is 4.02. The number of halogens is 4. The summed E-state index contributed by atoms with van der Waals surface area (Å²) in [7, 11) is 0. The van der Waals surface area contributed by atoms with Gasteiger partial charge in [0.25, 0.3) is 0 Å². The van der Waals surface area contributed by atoms with Crippen LogP contribution in [0.15, 0.2) is 48.0 Å².